The zero-order valence-corrected chi connectivity index (χ0v) is 86.4. The Kier molecular flexibility index (Phi) is 95.9. The Hall–Kier alpha value is -8.19. The molecule has 0 nitrogen and oxygen atoms in total. The third kappa shape index (κ3) is 51.4. The minimum Gasteiger partial charge on any atom is -0.226 e. The molecule has 0 bridgehead atoms. The van der Waals surface area contributed by atoms with Gasteiger partial charge in [-0.15, -0.1) is 28.3 Å². The summed E-state index contributed by atoms with van der Waals surface area (Å²) >= 11 is 0. The van der Waals surface area contributed by atoms with E-state index in [1.807, 2.05) is 163 Å². The molecule has 0 fully saturated rings. The molecule has 0 spiro atoms. The summed E-state index contributed by atoms with van der Waals surface area (Å²) < 4.78 is 0. The Morgan fingerprint density at radius 3 is 0.629 bits per heavy atom. The molecular weight excluding hydrogens is 1640 g/mol. The van der Waals surface area contributed by atoms with Crippen LogP contribution in [0.15, 0.2) is 279 Å². The number of hydrogen-bond donors (Lipinski definition) is 0. The molecule has 0 N–H and O–H groups in total. The molecule has 0 aliphatic heterocycles. The first-order valence-electron chi connectivity index (χ1n) is 43.5. The average Bonchev–Trinajstić information content (AvgIpc) is 0.730. The number of hydrogen-bond acceptors (Lipinski definition) is 0. The maximum Gasteiger partial charge on any atom is 0 e. The van der Waals surface area contributed by atoms with Gasteiger partial charge in [0.15, 0.2) is 0 Å². The van der Waals surface area contributed by atoms with Crippen LogP contribution in [-0.4, -0.2) is 0 Å². The van der Waals surface area contributed by atoms with Gasteiger partial charge in [0.1, 0.15) is 0 Å². The third-order valence-corrected chi connectivity index (χ3v) is 17.2. The molecule has 2 heteroatoms. The number of fused-ring (bicyclic) bond motifs is 5. The molecule has 0 heterocycles. The third-order valence-electron chi connectivity index (χ3n) is 17.2. The minimum absolute atomic E-state index is 0. The molecule has 15 aromatic carbocycles. The van der Waals surface area contributed by atoms with E-state index >= 15 is 0 Å². The number of aryl methyl sites for hydroxylation is 16. The topological polar surface area (TPSA) is 0 Å². The van der Waals surface area contributed by atoms with Crippen LogP contribution in [0.4, 0.5) is 0 Å². The monoisotopic (exact) mass is 1820 g/mol. The quantitative estimate of drug-likeness (QED) is 0.120. The van der Waals surface area contributed by atoms with Crippen LogP contribution in [0.2, 0.25) is 0 Å². The summed E-state index contributed by atoms with van der Waals surface area (Å²) in [6, 6.07) is 111. The largest absolute Gasteiger partial charge is 0.226 e. The SMILES string of the molecule is C.C.C.C.C.C.CC.CC.CC.CC.CC.CC.CC.CC.CC.CC.Cc1c2ccccc2c(C)c2ccccc12.Cc1c[c-]c(-c2[c-]cc(C)cc2)cc1.Cc1c[c-]c(-c2[c-]ccc(C)c2)cc1.Cc1ccc(C)c2ccccc12.Cc1ccc(C)cc1.Cc1ccc2cc(C)ccc2c1.Cc1cccc(C)c1.Cc1cccc2c(C)cccc12.[Y].[Y]. The Morgan fingerprint density at radius 1 is 0.161 bits per heavy atom. The molecule has 124 heavy (non-hydrogen) atoms. The molecule has 0 aliphatic carbocycles. The summed E-state index contributed by atoms with van der Waals surface area (Å²) in [5.41, 5.74) is 25.6. The zero-order valence-electron chi connectivity index (χ0n) is 80.7. The van der Waals surface area contributed by atoms with Gasteiger partial charge in [-0.1, -0.05) is 450 Å². The van der Waals surface area contributed by atoms with Crippen LogP contribution in [0, 0.1) is 135 Å². The summed E-state index contributed by atoms with van der Waals surface area (Å²) in [6.07, 6.45) is 0. The van der Waals surface area contributed by atoms with E-state index < -0.39 is 0 Å². The molecular formula is C122H178Y2-4. The summed E-state index contributed by atoms with van der Waals surface area (Å²) in [5.74, 6) is 0. The molecule has 0 saturated heterocycles. The predicted molar refractivity (Wildman–Crippen MR) is 575 cm³/mol. The van der Waals surface area contributed by atoms with Gasteiger partial charge in [-0.3, -0.25) is 0 Å². The van der Waals surface area contributed by atoms with E-state index in [0.717, 1.165) is 22.3 Å². The second kappa shape index (κ2) is 85.6. The van der Waals surface area contributed by atoms with Crippen LogP contribution < -0.4 is 0 Å². The summed E-state index contributed by atoms with van der Waals surface area (Å²) in [7, 11) is 0. The fraction of sp³-hybridized carbons (Fsp3) is 0.344. The van der Waals surface area contributed by atoms with Gasteiger partial charge in [0.05, 0.1) is 0 Å². The van der Waals surface area contributed by atoms with Gasteiger partial charge in [0, 0.05) is 65.4 Å². The van der Waals surface area contributed by atoms with Gasteiger partial charge in [-0.25, -0.2) is 22.3 Å². The molecule has 0 amide bonds. The summed E-state index contributed by atoms with van der Waals surface area (Å²) in [4.78, 5) is 0. The van der Waals surface area contributed by atoms with Crippen molar-refractivity contribution < 1.29 is 65.4 Å². The normalized spacial score (nSPS) is 8.45. The maximum atomic E-state index is 3.25. The van der Waals surface area contributed by atoms with Crippen LogP contribution in [0.1, 0.15) is 272 Å². The van der Waals surface area contributed by atoms with Crippen molar-refractivity contribution in [3.8, 4) is 22.3 Å². The van der Waals surface area contributed by atoms with Crippen molar-refractivity contribution in [1.29, 1.82) is 0 Å². The van der Waals surface area contributed by atoms with Crippen molar-refractivity contribution in [2.45, 2.75) is 294 Å². The molecule has 0 atom stereocenters. The molecule has 0 saturated carbocycles. The van der Waals surface area contributed by atoms with Crippen LogP contribution in [0.25, 0.3) is 76.1 Å². The van der Waals surface area contributed by atoms with E-state index in [0.29, 0.717) is 0 Å². The molecule has 676 valence electrons. The molecule has 0 unspecified atom stereocenters. The van der Waals surface area contributed by atoms with E-state index in [4.69, 9.17) is 0 Å². The first-order valence-corrected chi connectivity index (χ1v) is 43.5. The van der Waals surface area contributed by atoms with E-state index in [-0.39, 0.29) is 110 Å². The predicted octanol–water partition coefficient (Wildman–Crippen LogP) is 40.8. The number of benzene rings is 15. The molecule has 15 rings (SSSR count). The van der Waals surface area contributed by atoms with E-state index in [1.54, 1.807) is 0 Å². The Balaban J connectivity index is -0.000000126. The molecule has 15 aromatic rings. The van der Waals surface area contributed by atoms with Crippen molar-refractivity contribution in [1.82, 2.24) is 0 Å². The summed E-state index contributed by atoms with van der Waals surface area (Å²) in [6.45, 7) is 74.0. The molecule has 0 aliphatic rings. The maximum absolute atomic E-state index is 3.25. The van der Waals surface area contributed by atoms with Gasteiger partial charge in [0.2, 0.25) is 0 Å². The van der Waals surface area contributed by atoms with Gasteiger partial charge in [-0.2, -0.15) is 91.0 Å². The van der Waals surface area contributed by atoms with Crippen molar-refractivity contribution in [2.24, 2.45) is 0 Å². The minimum atomic E-state index is 0. The van der Waals surface area contributed by atoms with Gasteiger partial charge >= 0.3 is 0 Å². The van der Waals surface area contributed by atoms with Crippen molar-refractivity contribution in [3.05, 3.63) is 392 Å². The second-order valence-corrected chi connectivity index (χ2v) is 25.6. The van der Waals surface area contributed by atoms with Crippen molar-refractivity contribution >= 4 is 53.9 Å². The fourth-order valence-corrected chi connectivity index (χ4v) is 11.5. The van der Waals surface area contributed by atoms with E-state index in [2.05, 4.69) is 390 Å². The fourth-order valence-electron chi connectivity index (χ4n) is 11.5. The Labute approximate surface area is 820 Å². The van der Waals surface area contributed by atoms with Gasteiger partial charge in [0.25, 0.3) is 0 Å². The van der Waals surface area contributed by atoms with Crippen molar-refractivity contribution in [2.75, 3.05) is 0 Å². The summed E-state index contributed by atoms with van der Waals surface area (Å²) in [5, 5.41) is 13.7. The van der Waals surface area contributed by atoms with Crippen molar-refractivity contribution in [3.63, 3.8) is 0 Å². The van der Waals surface area contributed by atoms with Gasteiger partial charge < -0.3 is 0 Å². The van der Waals surface area contributed by atoms with Crippen LogP contribution >= 0.6 is 0 Å². The Bertz CT molecular complexity index is 4600. The molecule has 0 aromatic heterocycles. The smallest absolute Gasteiger partial charge is 0 e. The van der Waals surface area contributed by atoms with Crippen LogP contribution in [-0.2, 0) is 65.4 Å². The van der Waals surface area contributed by atoms with E-state index in [9.17, 15) is 0 Å². The van der Waals surface area contributed by atoms with E-state index in [1.165, 1.54) is 143 Å². The average molecular weight is 1820 g/mol. The first kappa shape index (κ1) is 139. The van der Waals surface area contributed by atoms with Crippen LogP contribution in [0.5, 0.6) is 0 Å². The zero-order chi connectivity index (χ0) is 88.7. The standard InChI is InChI=1S/C16H14.2C14H12.3C12H12.2C8H10.10C2H6.6CH4.2Y/c1-11-13-7-3-5-9-15(13)12(2)16-10-6-4-8-14(11)16;1-11-3-7-13(8-4-11)14-9-5-12(2)6-10-14;1-11-6-8-13(9-7-11)14-5-3-4-12(2)10-14;1-9-3-5-12-8-10(2)4-6-11(12)7-9;1-9-5-3-8-12-10(2)6-4-7-11(9)12;1-9-7-8-10(2)12-6-4-3-5-11(9)12;1-7-3-5-8(2)6-4-7;1-7-4-3-5-8(2)6-7;10*1-2;;;;;;;;/h3-10H,1-2H3;3-7,9H,1-2H3;3-4,6-8,10H,1-2H3;3*3-8H,1-2H3;2*3-6H,1-2H3;10*1-2H3;6*1H4;;/q;2*-2;;;;;;;;;;;;;;;;;;;;;;;. The van der Waals surface area contributed by atoms with Crippen LogP contribution in [0.3, 0.4) is 0 Å². The second-order valence-electron chi connectivity index (χ2n) is 25.6. The van der Waals surface area contributed by atoms with Gasteiger partial charge in [-0.05, 0) is 170 Å². The molecule has 2 radical (unpaired) electrons. The first-order chi connectivity index (χ1) is 56.2. The number of rotatable bonds is 2. The Morgan fingerprint density at radius 2 is 0.379 bits per heavy atom.